The normalized spacial score (nSPS) is 12.2. The van der Waals surface area contributed by atoms with Gasteiger partial charge in [0.1, 0.15) is 22.3 Å². The molecule has 3 aromatic rings. The largest absolute Gasteiger partial charge is 0.496 e. The van der Waals surface area contributed by atoms with Crippen molar-refractivity contribution in [3.05, 3.63) is 110 Å². The predicted molar refractivity (Wildman–Crippen MR) is 107 cm³/mol. The van der Waals surface area contributed by atoms with Gasteiger partial charge >= 0.3 is 0 Å². The van der Waals surface area contributed by atoms with Gasteiger partial charge in [0.25, 0.3) is 11.1 Å². The number of halogens is 1. The second kappa shape index (κ2) is 8.35. The number of ether oxygens (including phenoxy) is 1. The molecular weight excluding hydrogens is 359 g/mol. The van der Waals surface area contributed by atoms with Crippen molar-refractivity contribution in [2.45, 2.75) is 6.54 Å². The van der Waals surface area contributed by atoms with E-state index < -0.39 is 16.9 Å². The molecule has 0 atom stereocenters. The summed E-state index contributed by atoms with van der Waals surface area (Å²) in [6.07, 6.45) is 4.57. The van der Waals surface area contributed by atoms with Crippen LogP contribution in [-0.2, 0) is 6.54 Å². The Hall–Kier alpha value is -3.67. The number of nitrogens with one attached hydrogen (secondary N) is 1. The third-order valence-corrected chi connectivity index (χ3v) is 4.15. The first-order chi connectivity index (χ1) is 13.5. The summed E-state index contributed by atoms with van der Waals surface area (Å²) in [4.78, 5) is 28.3. The number of allylic oxidation sites excluding steroid dienone is 1. The van der Waals surface area contributed by atoms with Crippen LogP contribution in [0.1, 0.15) is 11.1 Å². The van der Waals surface area contributed by atoms with Gasteiger partial charge in [0.05, 0.1) is 7.11 Å². The van der Waals surface area contributed by atoms with Crippen LogP contribution >= 0.6 is 0 Å². The van der Waals surface area contributed by atoms with E-state index in [-0.39, 0.29) is 17.2 Å². The highest BCUT2D eigenvalue weighted by atomic mass is 19.1. The van der Waals surface area contributed by atoms with E-state index in [0.717, 1.165) is 0 Å². The van der Waals surface area contributed by atoms with Crippen LogP contribution in [0.25, 0.3) is 12.2 Å². The Kier molecular flexibility index (Phi) is 5.69. The molecule has 0 spiro atoms. The smallest absolute Gasteiger partial charge is 0.275 e. The molecule has 0 amide bonds. The fraction of sp³-hybridized carbons (Fsp3) is 0.0909. The number of methoxy groups -OCH3 is 1. The van der Waals surface area contributed by atoms with E-state index in [1.807, 2.05) is 12.1 Å². The summed E-state index contributed by atoms with van der Waals surface area (Å²) in [7, 11) is 1.53. The molecule has 0 saturated heterocycles. The first-order valence-corrected chi connectivity index (χ1v) is 8.59. The molecule has 6 heteroatoms. The summed E-state index contributed by atoms with van der Waals surface area (Å²) in [5, 5.41) is 0.236. The fourth-order valence-electron chi connectivity index (χ4n) is 2.86. The highest BCUT2D eigenvalue weighted by Crippen LogP contribution is 2.17. The Balaban J connectivity index is 2.31. The molecule has 0 unspecified atom stereocenters. The highest BCUT2D eigenvalue weighted by molar-refractivity contribution is 5.56. The third-order valence-electron chi connectivity index (χ3n) is 4.15. The first kappa shape index (κ1) is 19.1. The number of hydrogen-bond acceptors (Lipinski definition) is 3. The number of aromatic amines is 1. The topological polar surface area (TPSA) is 64.1 Å². The Bertz CT molecular complexity index is 1260. The van der Waals surface area contributed by atoms with Gasteiger partial charge in [-0.1, -0.05) is 36.4 Å². The summed E-state index contributed by atoms with van der Waals surface area (Å²) >= 11 is 0. The van der Waals surface area contributed by atoms with Gasteiger partial charge in [0, 0.05) is 12.1 Å². The highest BCUT2D eigenvalue weighted by Gasteiger charge is 2.06. The third kappa shape index (κ3) is 4.01. The summed E-state index contributed by atoms with van der Waals surface area (Å²) in [5.41, 5.74) is 0.272. The molecule has 0 radical (unpaired) electrons. The Labute approximate surface area is 160 Å². The molecule has 5 nitrogen and oxygen atoms in total. The molecule has 0 aliphatic rings. The molecule has 28 heavy (non-hydrogen) atoms. The molecule has 0 aliphatic heterocycles. The number of aromatic nitrogens is 2. The zero-order valence-corrected chi connectivity index (χ0v) is 15.3. The molecule has 3 rings (SSSR count). The average Bonchev–Trinajstić information content (AvgIpc) is 2.69. The van der Waals surface area contributed by atoms with E-state index in [2.05, 4.69) is 11.6 Å². The summed E-state index contributed by atoms with van der Waals surface area (Å²) in [6, 6.07) is 12.9. The Morgan fingerprint density at radius 3 is 2.64 bits per heavy atom. The lowest BCUT2D eigenvalue weighted by molar-refractivity contribution is 0.414. The molecular formula is C22H19FN2O3. The lowest BCUT2D eigenvalue weighted by atomic mass is 10.2. The van der Waals surface area contributed by atoms with E-state index in [4.69, 9.17) is 4.74 Å². The molecule has 142 valence electrons. The predicted octanol–water partition coefficient (Wildman–Crippen LogP) is 1.53. The van der Waals surface area contributed by atoms with Crippen LogP contribution in [0.4, 0.5) is 4.39 Å². The molecule has 1 heterocycles. The van der Waals surface area contributed by atoms with E-state index >= 15 is 0 Å². The van der Waals surface area contributed by atoms with Crippen molar-refractivity contribution in [2.24, 2.45) is 0 Å². The number of rotatable bonds is 5. The van der Waals surface area contributed by atoms with Gasteiger partial charge < -0.3 is 9.72 Å². The lowest BCUT2D eigenvalue weighted by Crippen LogP contribution is -2.53. The van der Waals surface area contributed by atoms with Gasteiger partial charge in [-0.05, 0) is 35.9 Å². The van der Waals surface area contributed by atoms with Gasteiger partial charge in [-0.25, -0.2) is 4.39 Å². The van der Waals surface area contributed by atoms with Gasteiger partial charge in [0.2, 0.25) is 0 Å². The monoisotopic (exact) mass is 378 g/mol. The molecule has 1 N–H and O–H groups in total. The average molecular weight is 378 g/mol. The van der Waals surface area contributed by atoms with Crippen molar-refractivity contribution in [3.8, 4) is 5.75 Å². The maximum absolute atomic E-state index is 13.4. The van der Waals surface area contributed by atoms with Crippen LogP contribution < -0.4 is 26.6 Å². The quantitative estimate of drug-likeness (QED) is 0.685. The van der Waals surface area contributed by atoms with Crippen LogP contribution in [0.2, 0.25) is 0 Å². The van der Waals surface area contributed by atoms with Crippen LogP contribution in [0.15, 0.2) is 70.8 Å². The van der Waals surface area contributed by atoms with Crippen molar-refractivity contribution >= 4 is 12.2 Å². The Morgan fingerprint density at radius 2 is 1.93 bits per heavy atom. The Morgan fingerprint density at radius 1 is 1.14 bits per heavy atom. The van der Waals surface area contributed by atoms with Crippen molar-refractivity contribution in [2.75, 3.05) is 7.11 Å². The van der Waals surface area contributed by atoms with Crippen LogP contribution in [0.5, 0.6) is 5.75 Å². The van der Waals surface area contributed by atoms with Gasteiger partial charge in [0.15, 0.2) is 0 Å². The minimum Gasteiger partial charge on any atom is -0.496 e. The number of nitrogens with zero attached hydrogens (tertiary/aromatic N) is 1. The summed E-state index contributed by atoms with van der Waals surface area (Å²) < 4.78 is 20.1. The van der Waals surface area contributed by atoms with E-state index in [0.29, 0.717) is 16.9 Å². The maximum atomic E-state index is 13.4. The van der Waals surface area contributed by atoms with Gasteiger partial charge in [-0.3, -0.25) is 14.2 Å². The minimum absolute atomic E-state index is 0.0645. The SMILES string of the molecule is C=CCn1c(=O)/c(=C\c2cccc(F)c2)[nH]c(=O)/c1=C\c1ccccc1OC. The molecule has 2 aromatic carbocycles. The molecule has 1 aromatic heterocycles. The van der Waals surface area contributed by atoms with Gasteiger partial charge in [-0.2, -0.15) is 0 Å². The lowest BCUT2D eigenvalue weighted by Gasteiger charge is -2.06. The van der Waals surface area contributed by atoms with Crippen molar-refractivity contribution in [1.29, 1.82) is 0 Å². The minimum atomic E-state index is -0.449. The van der Waals surface area contributed by atoms with Crippen molar-refractivity contribution in [1.82, 2.24) is 9.55 Å². The standard InChI is InChI=1S/C22H19FN2O3/c1-3-11-25-19(14-16-8-4-5-10-20(16)28-2)21(26)24-18(22(25)27)13-15-7-6-9-17(23)12-15/h3-10,12-14H,1,11H2,2H3,(H,24,26)/b18-13+,19-14+. The molecule has 0 bridgehead atoms. The second-order valence-corrected chi connectivity index (χ2v) is 6.04. The van der Waals surface area contributed by atoms with E-state index in [1.165, 1.54) is 42.0 Å². The maximum Gasteiger partial charge on any atom is 0.275 e. The van der Waals surface area contributed by atoms with Crippen LogP contribution in [0.3, 0.4) is 0 Å². The van der Waals surface area contributed by atoms with Crippen molar-refractivity contribution in [3.63, 3.8) is 0 Å². The zero-order chi connectivity index (χ0) is 20.1. The fourth-order valence-corrected chi connectivity index (χ4v) is 2.86. The van der Waals surface area contributed by atoms with E-state index in [1.54, 1.807) is 24.3 Å². The second-order valence-electron chi connectivity index (χ2n) is 6.04. The number of benzene rings is 2. The van der Waals surface area contributed by atoms with Crippen molar-refractivity contribution < 1.29 is 9.13 Å². The van der Waals surface area contributed by atoms with Gasteiger partial charge in [-0.15, -0.1) is 6.58 Å². The number of hydrogen-bond donors (Lipinski definition) is 1. The first-order valence-electron chi connectivity index (χ1n) is 8.59. The van der Waals surface area contributed by atoms with E-state index in [9.17, 15) is 14.0 Å². The number of H-pyrrole nitrogens is 1. The molecule has 0 saturated carbocycles. The van der Waals surface area contributed by atoms with Crippen LogP contribution in [0, 0.1) is 5.82 Å². The summed E-state index contributed by atoms with van der Waals surface area (Å²) in [6.45, 7) is 3.81. The van der Waals surface area contributed by atoms with Crippen LogP contribution in [-0.4, -0.2) is 16.7 Å². The summed E-state index contributed by atoms with van der Waals surface area (Å²) in [5.74, 6) is 0.151. The number of para-hydroxylation sites is 1. The molecule has 0 fully saturated rings. The zero-order valence-electron chi connectivity index (χ0n) is 15.3. The molecule has 0 aliphatic carbocycles.